The summed E-state index contributed by atoms with van der Waals surface area (Å²) in [7, 11) is 0. The van der Waals surface area contributed by atoms with Crippen LogP contribution >= 0.6 is 24.4 Å². The SMILES string of the molecule is CSCCC(NC(=O)C1CCCN1)C(=O)NC(CS)C(=O)NC(C(=O)O)C(C)O. The summed E-state index contributed by atoms with van der Waals surface area (Å²) in [5.74, 6) is -2.46. The van der Waals surface area contributed by atoms with Crippen molar-refractivity contribution in [2.75, 3.05) is 24.3 Å². The van der Waals surface area contributed by atoms with E-state index in [1.807, 2.05) is 6.26 Å². The van der Waals surface area contributed by atoms with Crippen LogP contribution in [-0.2, 0) is 19.2 Å². The number of aliphatic hydroxyl groups is 1. The van der Waals surface area contributed by atoms with Crippen molar-refractivity contribution in [2.45, 2.75) is 56.5 Å². The Hall–Kier alpha value is -1.50. The van der Waals surface area contributed by atoms with Gasteiger partial charge in [0.25, 0.3) is 0 Å². The second-order valence-electron chi connectivity index (χ2n) is 6.80. The van der Waals surface area contributed by atoms with Crippen molar-refractivity contribution < 1.29 is 29.4 Å². The van der Waals surface area contributed by atoms with E-state index in [0.717, 1.165) is 13.0 Å². The molecule has 0 aromatic carbocycles. The first-order chi connectivity index (χ1) is 13.7. The van der Waals surface area contributed by atoms with E-state index in [-0.39, 0.29) is 17.7 Å². The summed E-state index contributed by atoms with van der Waals surface area (Å²) in [5.41, 5.74) is 0. The van der Waals surface area contributed by atoms with Gasteiger partial charge in [0.2, 0.25) is 17.7 Å². The fourth-order valence-corrected chi connectivity index (χ4v) is 3.52. The Labute approximate surface area is 179 Å². The molecule has 1 aliphatic heterocycles. The predicted molar refractivity (Wildman–Crippen MR) is 113 cm³/mol. The molecular weight excluding hydrogens is 420 g/mol. The number of hydrogen-bond donors (Lipinski definition) is 7. The number of carboxylic acid groups (broad SMARTS) is 1. The van der Waals surface area contributed by atoms with Gasteiger partial charge in [-0.05, 0) is 44.7 Å². The zero-order chi connectivity index (χ0) is 22.0. The number of amides is 3. The highest BCUT2D eigenvalue weighted by atomic mass is 32.2. The fraction of sp³-hybridized carbons (Fsp3) is 0.765. The third-order valence-corrected chi connectivity index (χ3v) is 5.49. The van der Waals surface area contributed by atoms with Gasteiger partial charge in [-0.25, -0.2) is 4.79 Å². The van der Waals surface area contributed by atoms with Gasteiger partial charge in [-0.15, -0.1) is 0 Å². The van der Waals surface area contributed by atoms with Gasteiger partial charge in [0, 0.05) is 5.75 Å². The van der Waals surface area contributed by atoms with Gasteiger partial charge < -0.3 is 31.5 Å². The Morgan fingerprint density at radius 1 is 1.17 bits per heavy atom. The van der Waals surface area contributed by atoms with Crippen molar-refractivity contribution in [3.05, 3.63) is 0 Å². The maximum absolute atomic E-state index is 12.7. The Balaban J connectivity index is 2.76. The van der Waals surface area contributed by atoms with E-state index in [9.17, 15) is 24.3 Å². The number of hydrogen-bond acceptors (Lipinski definition) is 8. The molecule has 1 fully saturated rings. The molecule has 10 nitrogen and oxygen atoms in total. The molecule has 0 radical (unpaired) electrons. The molecule has 12 heteroatoms. The molecule has 0 aromatic heterocycles. The van der Waals surface area contributed by atoms with E-state index in [1.165, 1.54) is 18.7 Å². The van der Waals surface area contributed by atoms with Crippen LogP contribution in [0.2, 0.25) is 0 Å². The summed E-state index contributed by atoms with van der Waals surface area (Å²) in [5, 5.41) is 29.1. The number of carbonyl (C=O) groups is 4. The van der Waals surface area contributed by atoms with E-state index in [1.54, 1.807) is 0 Å². The molecule has 1 heterocycles. The molecule has 5 unspecified atom stereocenters. The van der Waals surface area contributed by atoms with Crippen LogP contribution in [0, 0.1) is 0 Å². The van der Waals surface area contributed by atoms with Crippen molar-refractivity contribution in [1.82, 2.24) is 21.3 Å². The fourth-order valence-electron chi connectivity index (χ4n) is 2.79. The summed E-state index contributed by atoms with van der Waals surface area (Å²) in [4.78, 5) is 48.5. The predicted octanol–water partition coefficient (Wildman–Crippen LogP) is -1.66. The van der Waals surface area contributed by atoms with Crippen LogP contribution in [-0.4, -0.2) is 88.5 Å². The first kappa shape index (κ1) is 25.5. The molecule has 166 valence electrons. The highest BCUT2D eigenvalue weighted by molar-refractivity contribution is 7.98. The van der Waals surface area contributed by atoms with Crippen LogP contribution in [0.3, 0.4) is 0 Å². The minimum Gasteiger partial charge on any atom is -0.480 e. The average Bonchev–Trinajstić information content (AvgIpc) is 3.21. The average molecular weight is 451 g/mol. The molecule has 0 bridgehead atoms. The number of aliphatic hydroxyl groups excluding tert-OH is 1. The minimum atomic E-state index is -1.51. The summed E-state index contributed by atoms with van der Waals surface area (Å²) >= 11 is 5.57. The molecule has 1 rings (SSSR count). The van der Waals surface area contributed by atoms with E-state index in [4.69, 9.17) is 5.11 Å². The lowest BCUT2D eigenvalue weighted by Crippen LogP contribution is -2.58. The van der Waals surface area contributed by atoms with Crippen molar-refractivity contribution in [2.24, 2.45) is 0 Å². The van der Waals surface area contributed by atoms with Gasteiger partial charge in [-0.1, -0.05) is 0 Å². The highest BCUT2D eigenvalue weighted by Gasteiger charge is 2.32. The number of rotatable bonds is 12. The summed E-state index contributed by atoms with van der Waals surface area (Å²) in [6.45, 7) is 1.98. The first-order valence-electron chi connectivity index (χ1n) is 9.36. The lowest BCUT2D eigenvalue weighted by molar-refractivity contribution is -0.145. The summed E-state index contributed by atoms with van der Waals surface area (Å²) < 4.78 is 0. The van der Waals surface area contributed by atoms with Gasteiger partial charge in [-0.3, -0.25) is 14.4 Å². The Kier molecular flexibility index (Phi) is 11.4. The van der Waals surface area contributed by atoms with Crippen molar-refractivity contribution in [1.29, 1.82) is 0 Å². The molecular formula is C17H30N4O6S2. The Morgan fingerprint density at radius 2 is 1.83 bits per heavy atom. The minimum absolute atomic E-state index is 0.0862. The third kappa shape index (κ3) is 8.41. The smallest absolute Gasteiger partial charge is 0.328 e. The summed E-state index contributed by atoms with van der Waals surface area (Å²) in [6, 6.07) is -3.81. The molecule has 0 spiro atoms. The van der Waals surface area contributed by atoms with E-state index in [0.29, 0.717) is 18.6 Å². The largest absolute Gasteiger partial charge is 0.480 e. The van der Waals surface area contributed by atoms with Gasteiger partial charge in [0.05, 0.1) is 12.1 Å². The van der Waals surface area contributed by atoms with E-state index < -0.39 is 42.0 Å². The molecule has 0 saturated carbocycles. The molecule has 1 aliphatic rings. The molecule has 5 atom stereocenters. The molecule has 3 amide bonds. The third-order valence-electron chi connectivity index (χ3n) is 4.48. The van der Waals surface area contributed by atoms with Gasteiger partial charge >= 0.3 is 5.97 Å². The second kappa shape index (κ2) is 12.9. The number of thioether (sulfide) groups is 1. The zero-order valence-corrected chi connectivity index (χ0v) is 18.2. The van der Waals surface area contributed by atoms with Crippen LogP contribution < -0.4 is 21.3 Å². The van der Waals surface area contributed by atoms with Crippen LogP contribution in [0.25, 0.3) is 0 Å². The monoisotopic (exact) mass is 450 g/mol. The quantitative estimate of drug-likeness (QED) is 0.174. The lowest BCUT2D eigenvalue weighted by Gasteiger charge is -2.25. The molecule has 6 N–H and O–H groups in total. The van der Waals surface area contributed by atoms with Crippen LogP contribution in [0.5, 0.6) is 0 Å². The van der Waals surface area contributed by atoms with Crippen molar-refractivity contribution in [3.63, 3.8) is 0 Å². The number of aliphatic carboxylic acids is 1. The topological polar surface area (TPSA) is 157 Å². The Morgan fingerprint density at radius 3 is 2.31 bits per heavy atom. The Bertz CT molecular complexity index is 586. The number of carboxylic acids is 1. The normalized spacial score (nSPS) is 20.2. The molecule has 1 saturated heterocycles. The molecule has 29 heavy (non-hydrogen) atoms. The van der Waals surface area contributed by atoms with Gasteiger partial charge in [0.15, 0.2) is 6.04 Å². The maximum Gasteiger partial charge on any atom is 0.328 e. The zero-order valence-electron chi connectivity index (χ0n) is 16.5. The van der Waals surface area contributed by atoms with Crippen LogP contribution in [0.1, 0.15) is 26.2 Å². The second-order valence-corrected chi connectivity index (χ2v) is 8.15. The van der Waals surface area contributed by atoms with Gasteiger partial charge in [0.1, 0.15) is 12.1 Å². The van der Waals surface area contributed by atoms with Crippen LogP contribution in [0.15, 0.2) is 0 Å². The van der Waals surface area contributed by atoms with E-state index >= 15 is 0 Å². The van der Waals surface area contributed by atoms with E-state index in [2.05, 4.69) is 33.9 Å². The van der Waals surface area contributed by atoms with Crippen LogP contribution in [0.4, 0.5) is 0 Å². The van der Waals surface area contributed by atoms with Crippen molar-refractivity contribution >= 4 is 48.1 Å². The lowest BCUT2D eigenvalue weighted by atomic mass is 10.1. The standard InChI is InChI=1S/C17H30N4O6S2/c1-9(22)13(17(26)27)21-16(25)12(8-28)20-15(24)11(5-7-29-2)19-14(23)10-4-3-6-18-10/h9-13,18,22,28H,3-8H2,1-2H3,(H,19,23)(H,20,24)(H,21,25)(H,26,27). The first-order valence-corrected chi connectivity index (χ1v) is 11.4. The molecule has 0 aromatic rings. The number of carbonyl (C=O) groups excluding carboxylic acids is 3. The number of thiol groups is 1. The highest BCUT2D eigenvalue weighted by Crippen LogP contribution is 2.08. The molecule has 0 aliphatic carbocycles. The number of nitrogens with one attached hydrogen (secondary N) is 4. The maximum atomic E-state index is 12.7. The summed E-state index contributed by atoms with van der Waals surface area (Å²) in [6.07, 6.45) is 2.51. The van der Waals surface area contributed by atoms with Gasteiger partial charge in [-0.2, -0.15) is 24.4 Å². The van der Waals surface area contributed by atoms with Crippen molar-refractivity contribution in [3.8, 4) is 0 Å².